The van der Waals surface area contributed by atoms with Gasteiger partial charge in [-0.1, -0.05) is 0 Å². The van der Waals surface area contributed by atoms with Gasteiger partial charge in [-0.3, -0.25) is 9.48 Å². The molecule has 0 aromatic carbocycles. The molecule has 1 amide bonds. The first-order valence-corrected chi connectivity index (χ1v) is 6.53. The van der Waals surface area contributed by atoms with E-state index in [1.54, 1.807) is 46.4 Å². The van der Waals surface area contributed by atoms with Gasteiger partial charge < -0.3 is 9.64 Å². The van der Waals surface area contributed by atoms with Crippen LogP contribution in [0.15, 0.2) is 36.8 Å². The van der Waals surface area contributed by atoms with Gasteiger partial charge in [0.2, 0.25) is 11.8 Å². The summed E-state index contributed by atoms with van der Waals surface area (Å²) in [7, 11) is 0. The standard InChI is InChI=1S/C14H13N5O2/c15-7-11-3-1-4-16-14(11)21-12-8-18(9-12)13(20)10-19-6-2-5-17-19/h1-6,12H,8-10H2. The smallest absolute Gasteiger partial charge is 0.244 e. The second-order valence-corrected chi connectivity index (χ2v) is 4.71. The average Bonchev–Trinajstić information content (AvgIpc) is 2.95. The zero-order valence-corrected chi connectivity index (χ0v) is 11.2. The molecule has 0 unspecified atom stereocenters. The number of pyridine rings is 1. The normalized spacial score (nSPS) is 14.3. The maximum Gasteiger partial charge on any atom is 0.244 e. The molecule has 0 bridgehead atoms. The van der Waals surface area contributed by atoms with E-state index in [2.05, 4.69) is 10.1 Å². The number of aromatic nitrogens is 3. The molecule has 3 rings (SSSR count). The molecule has 1 saturated heterocycles. The van der Waals surface area contributed by atoms with Crippen LogP contribution in [0.4, 0.5) is 0 Å². The Labute approximate surface area is 121 Å². The maximum absolute atomic E-state index is 12.0. The van der Waals surface area contributed by atoms with Gasteiger partial charge in [0.1, 0.15) is 24.3 Å². The van der Waals surface area contributed by atoms with E-state index in [0.29, 0.717) is 24.5 Å². The van der Waals surface area contributed by atoms with Crippen LogP contribution < -0.4 is 4.74 Å². The molecular formula is C14H13N5O2. The number of likely N-dealkylation sites (tertiary alicyclic amines) is 1. The van der Waals surface area contributed by atoms with Crippen LogP contribution in [0.25, 0.3) is 0 Å². The molecule has 0 radical (unpaired) electrons. The van der Waals surface area contributed by atoms with E-state index in [1.807, 2.05) is 6.07 Å². The van der Waals surface area contributed by atoms with E-state index in [4.69, 9.17) is 10.00 Å². The molecule has 0 spiro atoms. The van der Waals surface area contributed by atoms with Gasteiger partial charge in [0.25, 0.3) is 0 Å². The van der Waals surface area contributed by atoms with Crippen LogP contribution in [0, 0.1) is 11.3 Å². The monoisotopic (exact) mass is 283 g/mol. The molecule has 0 atom stereocenters. The third kappa shape index (κ3) is 2.84. The second kappa shape index (κ2) is 5.63. The molecule has 2 aromatic rings. The van der Waals surface area contributed by atoms with E-state index >= 15 is 0 Å². The zero-order valence-electron chi connectivity index (χ0n) is 11.2. The molecule has 1 fully saturated rings. The summed E-state index contributed by atoms with van der Waals surface area (Å²) in [5, 5.41) is 13.0. The summed E-state index contributed by atoms with van der Waals surface area (Å²) in [6.07, 6.45) is 4.85. The first-order chi connectivity index (χ1) is 10.3. The largest absolute Gasteiger partial charge is 0.470 e. The number of nitrogens with zero attached hydrogens (tertiary/aromatic N) is 5. The van der Waals surface area contributed by atoms with Gasteiger partial charge in [-0.15, -0.1) is 0 Å². The van der Waals surface area contributed by atoms with E-state index in [-0.39, 0.29) is 18.6 Å². The van der Waals surface area contributed by atoms with E-state index in [0.717, 1.165) is 0 Å². The fourth-order valence-electron chi connectivity index (χ4n) is 2.08. The van der Waals surface area contributed by atoms with Crippen molar-refractivity contribution in [2.24, 2.45) is 0 Å². The number of hydrogen-bond donors (Lipinski definition) is 0. The van der Waals surface area contributed by atoms with Crippen molar-refractivity contribution in [2.75, 3.05) is 13.1 Å². The van der Waals surface area contributed by atoms with Gasteiger partial charge in [-0.05, 0) is 18.2 Å². The molecule has 21 heavy (non-hydrogen) atoms. The topological polar surface area (TPSA) is 84.0 Å². The summed E-state index contributed by atoms with van der Waals surface area (Å²) in [4.78, 5) is 17.7. The highest BCUT2D eigenvalue weighted by Crippen LogP contribution is 2.19. The third-order valence-electron chi connectivity index (χ3n) is 3.23. The lowest BCUT2D eigenvalue weighted by molar-refractivity contribution is -0.141. The Bertz CT molecular complexity index is 671. The van der Waals surface area contributed by atoms with Crippen LogP contribution in [0.3, 0.4) is 0 Å². The third-order valence-corrected chi connectivity index (χ3v) is 3.23. The lowest BCUT2D eigenvalue weighted by Gasteiger charge is -2.38. The SMILES string of the molecule is N#Cc1cccnc1OC1CN(C(=O)Cn2cccn2)C1. The van der Waals surface area contributed by atoms with Gasteiger partial charge in [0.05, 0.1) is 13.1 Å². The Kier molecular flexibility index (Phi) is 3.51. The number of ether oxygens (including phenoxy) is 1. The molecule has 0 N–H and O–H groups in total. The minimum Gasteiger partial charge on any atom is -0.470 e. The van der Waals surface area contributed by atoms with Crippen molar-refractivity contribution in [3.8, 4) is 11.9 Å². The number of amides is 1. The predicted molar refractivity (Wildman–Crippen MR) is 72.2 cm³/mol. The number of carbonyl (C=O) groups is 1. The van der Waals surface area contributed by atoms with Crippen molar-refractivity contribution in [1.29, 1.82) is 5.26 Å². The van der Waals surface area contributed by atoms with Crippen LogP contribution in [0.1, 0.15) is 5.56 Å². The fraction of sp³-hybridized carbons (Fsp3) is 0.286. The van der Waals surface area contributed by atoms with Crippen LogP contribution in [-0.2, 0) is 11.3 Å². The zero-order chi connectivity index (χ0) is 14.7. The molecule has 2 aromatic heterocycles. The molecule has 1 aliphatic heterocycles. The number of nitriles is 1. The summed E-state index contributed by atoms with van der Waals surface area (Å²) in [6.45, 7) is 1.23. The van der Waals surface area contributed by atoms with Crippen molar-refractivity contribution in [2.45, 2.75) is 12.6 Å². The van der Waals surface area contributed by atoms with Gasteiger partial charge in [0.15, 0.2) is 0 Å². The number of rotatable bonds is 4. The molecule has 106 valence electrons. The van der Waals surface area contributed by atoms with Crippen molar-refractivity contribution in [3.63, 3.8) is 0 Å². The van der Waals surface area contributed by atoms with Gasteiger partial charge in [0, 0.05) is 18.6 Å². The predicted octanol–water partition coefficient (Wildman–Crippen LogP) is 0.440. The van der Waals surface area contributed by atoms with Crippen LogP contribution in [0.2, 0.25) is 0 Å². The Morgan fingerprint density at radius 3 is 3.00 bits per heavy atom. The van der Waals surface area contributed by atoms with Crippen molar-refractivity contribution < 1.29 is 9.53 Å². The minimum absolute atomic E-state index is 0.0000718. The second-order valence-electron chi connectivity index (χ2n) is 4.71. The highest BCUT2D eigenvalue weighted by Gasteiger charge is 2.32. The van der Waals surface area contributed by atoms with Gasteiger partial charge in [-0.2, -0.15) is 10.4 Å². The summed E-state index contributed by atoms with van der Waals surface area (Å²) in [5.74, 6) is 0.323. The summed E-state index contributed by atoms with van der Waals surface area (Å²) in [5.41, 5.74) is 0.402. The van der Waals surface area contributed by atoms with E-state index < -0.39 is 0 Å². The molecular weight excluding hydrogens is 270 g/mol. The van der Waals surface area contributed by atoms with E-state index in [9.17, 15) is 4.79 Å². The van der Waals surface area contributed by atoms with Crippen molar-refractivity contribution >= 4 is 5.91 Å². The number of carbonyl (C=O) groups excluding carboxylic acids is 1. The van der Waals surface area contributed by atoms with E-state index in [1.165, 1.54) is 0 Å². The Hall–Kier alpha value is -2.88. The first-order valence-electron chi connectivity index (χ1n) is 6.53. The first kappa shape index (κ1) is 13.1. The Balaban J connectivity index is 1.52. The molecule has 3 heterocycles. The van der Waals surface area contributed by atoms with Crippen LogP contribution in [0.5, 0.6) is 5.88 Å². The summed E-state index contributed by atoms with van der Waals surface area (Å²) >= 11 is 0. The van der Waals surface area contributed by atoms with Gasteiger partial charge in [-0.25, -0.2) is 4.98 Å². The van der Waals surface area contributed by atoms with Gasteiger partial charge >= 0.3 is 0 Å². The highest BCUT2D eigenvalue weighted by atomic mass is 16.5. The molecule has 7 heteroatoms. The molecule has 0 saturated carbocycles. The lowest BCUT2D eigenvalue weighted by Crippen LogP contribution is -2.57. The summed E-state index contributed by atoms with van der Waals surface area (Å²) in [6, 6.07) is 7.15. The maximum atomic E-state index is 12.0. The number of hydrogen-bond acceptors (Lipinski definition) is 5. The Morgan fingerprint density at radius 2 is 2.29 bits per heavy atom. The quantitative estimate of drug-likeness (QED) is 0.813. The van der Waals surface area contributed by atoms with Crippen LogP contribution >= 0.6 is 0 Å². The van der Waals surface area contributed by atoms with Crippen molar-refractivity contribution in [1.82, 2.24) is 19.7 Å². The molecule has 7 nitrogen and oxygen atoms in total. The average molecular weight is 283 g/mol. The van der Waals surface area contributed by atoms with Crippen LogP contribution in [-0.4, -0.2) is 44.8 Å². The lowest BCUT2D eigenvalue weighted by atomic mass is 10.1. The molecule has 0 aliphatic carbocycles. The summed E-state index contributed by atoms with van der Waals surface area (Å²) < 4.78 is 7.22. The minimum atomic E-state index is -0.117. The highest BCUT2D eigenvalue weighted by molar-refractivity contribution is 5.76. The Morgan fingerprint density at radius 1 is 1.43 bits per heavy atom. The fourth-order valence-corrected chi connectivity index (χ4v) is 2.08. The molecule has 1 aliphatic rings. The van der Waals surface area contributed by atoms with Crippen molar-refractivity contribution in [3.05, 3.63) is 42.4 Å².